The van der Waals surface area contributed by atoms with Gasteiger partial charge in [-0.1, -0.05) is 49.8 Å². The van der Waals surface area contributed by atoms with E-state index < -0.39 is 11.8 Å². The Kier molecular flexibility index (Phi) is 4.54. The average Bonchev–Trinajstić information content (AvgIpc) is 2.43. The summed E-state index contributed by atoms with van der Waals surface area (Å²) in [6, 6.07) is 9.89. The first-order chi connectivity index (χ1) is 9.22. The Morgan fingerprint density at radius 2 is 1.95 bits per heavy atom. The third kappa shape index (κ3) is 2.95. The zero-order valence-electron chi connectivity index (χ0n) is 11.6. The van der Waals surface area contributed by atoms with Crippen molar-refractivity contribution in [3.05, 3.63) is 54.1 Å². The van der Waals surface area contributed by atoms with E-state index in [-0.39, 0.29) is 0 Å². The lowest BCUT2D eigenvalue weighted by Crippen LogP contribution is -2.41. The molecule has 0 saturated heterocycles. The molecule has 2 heteroatoms. The minimum absolute atomic E-state index is 0.527. The second-order valence-corrected chi connectivity index (χ2v) is 4.86. The highest BCUT2D eigenvalue weighted by Crippen LogP contribution is 2.35. The first-order valence-corrected chi connectivity index (χ1v) is 6.96. The maximum atomic E-state index is 14.6. The number of allylic oxidation sites excluding steroid dienone is 2. The van der Waals surface area contributed by atoms with E-state index in [4.69, 9.17) is 4.74 Å². The average molecular weight is 260 g/mol. The van der Waals surface area contributed by atoms with Gasteiger partial charge in [-0.3, -0.25) is 0 Å². The van der Waals surface area contributed by atoms with Crippen LogP contribution in [0.1, 0.15) is 32.3 Å². The van der Waals surface area contributed by atoms with Gasteiger partial charge >= 0.3 is 0 Å². The molecule has 102 valence electrons. The Balaban J connectivity index is 2.25. The van der Waals surface area contributed by atoms with Gasteiger partial charge in [0.15, 0.2) is 6.17 Å². The van der Waals surface area contributed by atoms with Crippen molar-refractivity contribution < 1.29 is 9.13 Å². The second kappa shape index (κ2) is 6.16. The molecule has 1 aromatic carbocycles. The molecule has 0 N–H and O–H groups in total. The van der Waals surface area contributed by atoms with Crippen LogP contribution in [-0.4, -0.2) is 18.4 Å². The van der Waals surface area contributed by atoms with Crippen LogP contribution in [0.3, 0.4) is 0 Å². The van der Waals surface area contributed by atoms with Gasteiger partial charge < -0.3 is 4.74 Å². The Labute approximate surface area is 114 Å². The molecule has 1 aliphatic carbocycles. The second-order valence-electron chi connectivity index (χ2n) is 4.86. The maximum absolute atomic E-state index is 14.6. The largest absolute Gasteiger partial charge is 0.368 e. The topological polar surface area (TPSA) is 9.23 Å². The number of halogens is 1. The lowest BCUT2D eigenvalue weighted by Gasteiger charge is -2.35. The summed E-state index contributed by atoms with van der Waals surface area (Å²) in [5.74, 6) is 0. The summed E-state index contributed by atoms with van der Waals surface area (Å²) in [6.45, 7) is 4.49. The van der Waals surface area contributed by atoms with E-state index in [9.17, 15) is 4.39 Å². The third-order valence-corrected chi connectivity index (χ3v) is 3.50. The molecule has 0 radical (unpaired) electrons. The SMILES string of the molecule is CCCC1(OCC)C=CC(c2ccccc2)=CC1F. The smallest absolute Gasteiger partial charge is 0.152 e. The number of ether oxygens (including phenoxy) is 1. The summed E-state index contributed by atoms with van der Waals surface area (Å²) < 4.78 is 20.3. The molecule has 0 spiro atoms. The highest BCUT2D eigenvalue weighted by Gasteiger charge is 2.37. The normalized spacial score (nSPS) is 26.3. The molecule has 19 heavy (non-hydrogen) atoms. The molecule has 2 atom stereocenters. The zero-order chi connectivity index (χ0) is 13.7. The third-order valence-electron chi connectivity index (χ3n) is 3.50. The van der Waals surface area contributed by atoms with Crippen LogP contribution < -0.4 is 0 Å². The van der Waals surface area contributed by atoms with Crippen LogP contribution in [0, 0.1) is 0 Å². The summed E-state index contributed by atoms with van der Waals surface area (Å²) >= 11 is 0. The van der Waals surface area contributed by atoms with Crippen LogP contribution in [0.15, 0.2) is 48.6 Å². The quantitative estimate of drug-likeness (QED) is 0.754. The van der Waals surface area contributed by atoms with Crippen LogP contribution in [-0.2, 0) is 4.74 Å². The molecule has 0 heterocycles. The van der Waals surface area contributed by atoms with Crippen molar-refractivity contribution in [2.75, 3.05) is 6.61 Å². The molecular formula is C17H21FO. The Morgan fingerprint density at radius 1 is 1.21 bits per heavy atom. The predicted octanol–water partition coefficient (Wildman–Crippen LogP) is 4.55. The molecule has 2 unspecified atom stereocenters. The fraction of sp³-hybridized carbons (Fsp3) is 0.412. The predicted molar refractivity (Wildman–Crippen MR) is 77.7 cm³/mol. The molecule has 0 bridgehead atoms. The number of hydrogen-bond donors (Lipinski definition) is 0. The molecular weight excluding hydrogens is 239 g/mol. The fourth-order valence-electron chi connectivity index (χ4n) is 2.58. The van der Waals surface area contributed by atoms with Crippen LogP contribution in [0.2, 0.25) is 0 Å². The van der Waals surface area contributed by atoms with Gasteiger partial charge in [0.05, 0.1) is 0 Å². The Hall–Kier alpha value is -1.41. The van der Waals surface area contributed by atoms with Crippen LogP contribution in [0.25, 0.3) is 5.57 Å². The number of benzene rings is 1. The van der Waals surface area contributed by atoms with Crippen LogP contribution in [0.4, 0.5) is 4.39 Å². The molecule has 0 amide bonds. The molecule has 0 saturated carbocycles. The van der Waals surface area contributed by atoms with Gasteiger partial charge in [-0.05, 0) is 36.6 Å². The summed E-state index contributed by atoms with van der Waals surface area (Å²) in [4.78, 5) is 0. The summed E-state index contributed by atoms with van der Waals surface area (Å²) in [5, 5.41) is 0. The summed E-state index contributed by atoms with van der Waals surface area (Å²) in [5.41, 5.74) is 1.20. The molecule has 0 aromatic heterocycles. The van der Waals surface area contributed by atoms with Gasteiger partial charge in [0.2, 0.25) is 0 Å². The van der Waals surface area contributed by atoms with Crippen molar-refractivity contribution >= 4 is 5.57 Å². The minimum Gasteiger partial charge on any atom is -0.368 e. The van der Waals surface area contributed by atoms with Gasteiger partial charge in [-0.15, -0.1) is 0 Å². The van der Waals surface area contributed by atoms with E-state index in [0.29, 0.717) is 13.0 Å². The highest BCUT2D eigenvalue weighted by atomic mass is 19.1. The van der Waals surface area contributed by atoms with Crippen LogP contribution >= 0.6 is 0 Å². The standard InChI is InChI=1S/C17H21FO/c1-3-11-17(19-4-2)12-10-15(13-16(17)18)14-8-6-5-7-9-14/h5-10,12-13,16H,3-4,11H2,1-2H3. The van der Waals surface area contributed by atoms with E-state index in [1.54, 1.807) is 6.08 Å². The lowest BCUT2D eigenvalue weighted by molar-refractivity contribution is -0.0485. The Bertz CT molecular complexity index is 455. The van der Waals surface area contributed by atoms with Crippen molar-refractivity contribution in [3.63, 3.8) is 0 Å². The van der Waals surface area contributed by atoms with E-state index >= 15 is 0 Å². The monoisotopic (exact) mass is 260 g/mol. The maximum Gasteiger partial charge on any atom is 0.152 e. The number of hydrogen-bond acceptors (Lipinski definition) is 1. The molecule has 2 rings (SSSR count). The van der Waals surface area contributed by atoms with Gasteiger partial charge in [0.1, 0.15) is 5.60 Å². The van der Waals surface area contributed by atoms with Crippen molar-refractivity contribution in [2.24, 2.45) is 0 Å². The molecule has 1 nitrogen and oxygen atoms in total. The van der Waals surface area contributed by atoms with Gasteiger partial charge in [0, 0.05) is 6.61 Å². The first-order valence-electron chi connectivity index (χ1n) is 6.96. The van der Waals surface area contributed by atoms with Crippen molar-refractivity contribution in [1.29, 1.82) is 0 Å². The Morgan fingerprint density at radius 3 is 2.53 bits per heavy atom. The molecule has 1 aliphatic rings. The minimum atomic E-state index is -1.09. The molecule has 0 fully saturated rings. The van der Waals surface area contributed by atoms with E-state index in [2.05, 4.69) is 6.92 Å². The number of rotatable bonds is 5. The number of alkyl halides is 1. The molecule has 1 aromatic rings. The van der Waals surface area contributed by atoms with Crippen molar-refractivity contribution in [2.45, 2.75) is 38.5 Å². The summed E-state index contributed by atoms with van der Waals surface area (Å²) in [6.07, 6.45) is 6.08. The summed E-state index contributed by atoms with van der Waals surface area (Å²) in [7, 11) is 0. The van der Waals surface area contributed by atoms with E-state index in [1.807, 2.05) is 49.4 Å². The van der Waals surface area contributed by atoms with Gasteiger partial charge in [0.25, 0.3) is 0 Å². The van der Waals surface area contributed by atoms with Crippen molar-refractivity contribution in [3.8, 4) is 0 Å². The molecule has 0 aliphatic heterocycles. The lowest BCUT2D eigenvalue weighted by atomic mass is 9.84. The first kappa shape index (κ1) is 14.0. The van der Waals surface area contributed by atoms with Gasteiger partial charge in [-0.2, -0.15) is 0 Å². The van der Waals surface area contributed by atoms with Crippen molar-refractivity contribution in [1.82, 2.24) is 0 Å². The fourth-order valence-corrected chi connectivity index (χ4v) is 2.58. The van der Waals surface area contributed by atoms with E-state index in [1.165, 1.54) is 0 Å². The van der Waals surface area contributed by atoms with Gasteiger partial charge in [-0.25, -0.2) is 4.39 Å². The van der Waals surface area contributed by atoms with Crippen LogP contribution in [0.5, 0.6) is 0 Å². The highest BCUT2D eigenvalue weighted by molar-refractivity contribution is 5.76. The zero-order valence-corrected chi connectivity index (χ0v) is 11.6. The van der Waals surface area contributed by atoms with E-state index in [0.717, 1.165) is 17.6 Å².